The molecule has 0 saturated heterocycles. The monoisotopic (exact) mass is 526 g/mol. The third-order valence-electron chi connectivity index (χ3n) is 6.01. The number of nitrogens with zero attached hydrogens (tertiary/aromatic N) is 1. The third kappa shape index (κ3) is 8.00. The van der Waals surface area contributed by atoms with E-state index in [9.17, 15) is 9.59 Å². The van der Waals surface area contributed by atoms with Crippen molar-refractivity contribution in [3.8, 4) is 5.75 Å². The first-order chi connectivity index (χ1) is 17.3. The Hall–Kier alpha value is -3.02. The second-order valence-electron chi connectivity index (χ2n) is 8.87. The molecule has 36 heavy (non-hydrogen) atoms. The Kier molecular flexibility index (Phi) is 10.2. The SMILES string of the molecule is CC[C@H](C)NC(=O)[C@@H](Cc1ccccc1)N(Cc1cccc(Cl)c1)C(=O)COc1ccc(Cl)c(C)c1. The van der Waals surface area contributed by atoms with Crippen LogP contribution in [-0.2, 0) is 22.6 Å². The maximum absolute atomic E-state index is 13.6. The van der Waals surface area contributed by atoms with Gasteiger partial charge >= 0.3 is 0 Å². The smallest absolute Gasteiger partial charge is 0.261 e. The van der Waals surface area contributed by atoms with Gasteiger partial charge in [-0.1, -0.05) is 72.6 Å². The van der Waals surface area contributed by atoms with Gasteiger partial charge in [0.25, 0.3) is 5.91 Å². The summed E-state index contributed by atoms with van der Waals surface area (Å²) in [5, 5.41) is 4.25. The molecule has 0 heterocycles. The standard InChI is InChI=1S/C29H32Cl2N2O3/c1-4-21(3)32-29(35)27(17-22-9-6-5-7-10-22)33(18-23-11-8-12-24(30)16-23)28(34)19-36-25-13-14-26(31)20(2)15-25/h5-16,21,27H,4,17-19H2,1-3H3,(H,32,35)/t21-,27+/m0/s1. The molecule has 0 aliphatic carbocycles. The Balaban J connectivity index is 1.91. The topological polar surface area (TPSA) is 58.6 Å². The summed E-state index contributed by atoms with van der Waals surface area (Å²) in [5.41, 5.74) is 2.64. The van der Waals surface area contributed by atoms with E-state index in [0.29, 0.717) is 22.2 Å². The van der Waals surface area contributed by atoms with Crippen LogP contribution in [0.3, 0.4) is 0 Å². The molecule has 0 saturated carbocycles. The van der Waals surface area contributed by atoms with Gasteiger partial charge in [-0.05, 0) is 67.3 Å². The Morgan fingerprint density at radius 1 is 0.972 bits per heavy atom. The van der Waals surface area contributed by atoms with E-state index in [1.807, 2.05) is 63.2 Å². The summed E-state index contributed by atoms with van der Waals surface area (Å²) in [5.74, 6) is 0.0327. The number of hydrogen-bond acceptors (Lipinski definition) is 3. The number of hydrogen-bond donors (Lipinski definition) is 1. The normalized spacial score (nSPS) is 12.5. The van der Waals surface area contributed by atoms with Crippen molar-refractivity contribution in [2.75, 3.05) is 6.61 Å². The van der Waals surface area contributed by atoms with Gasteiger partial charge in [0, 0.05) is 29.1 Å². The van der Waals surface area contributed by atoms with E-state index in [1.54, 1.807) is 35.2 Å². The van der Waals surface area contributed by atoms with E-state index < -0.39 is 6.04 Å². The number of carbonyl (C=O) groups excluding carboxylic acids is 2. The average Bonchev–Trinajstić information content (AvgIpc) is 2.87. The van der Waals surface area contributed by atoms with Crippen molar-refractivity contribution in [2.24, 2.45) is 0 Å². The summed E-state index contributed by atoms with van der Waals surface area (Å²) in [6.07, 6.45) is 1.15. The maximum Gasteiger partial charge on any atom is 0.261 e. The van der Waals surface area contributed by atoms with Crippen molar-refractivity contribution >= 4 is 35.0 Å². The number of aryl methyl sites for hydroxylation is 1. The summed E-state index contributed by atoms with van der Waals surface area (Å²) in [7, 11) is 0. The first kappa shape index (κ1) is 27.6. The molecule has 0 aromatic heterocycles. The lowest BCUT2D eigenvalue weighted by Crippen LogP contribution is -2.53. The lowest BCUT2D eigenvalue weighted by molar-refractivity contribution is -0.143. The van der Waals surface area contributed by atoms with Crippen LogP contribution in [0.5, 0.6) is 5.75 Å². The minimum atomic E-state index is -0.733. The summed E-state index contributed by atoms with van der Waals surface area (Å²) in [4.78, 5) is 28.7. The molecule has 0 fully saturated rings. The van der Waals surface area contributed by atoms with Gasteiger partial charge in [0.15, 0.2) is 6.61 Å². The fraction of sp³-hybridized carbons (Fsp3) is 0.310. The average molecular weight is 527 g/mol. The van der Waals surface area contributed by atoms with Gasteiger partial charge in [0.1, 0.15) is 11.8 Å². The Morgan fingerprint density at radius 2 is 1.69 bits per heavy atom. The van der Waals surface area contributed by atoms with Crippen molar-refractivity contribution in [1.82, 2.24) is 10.2 Å². The molecule has 3 aromatic carbocycles. The number of amides is 2. The Bertz CT molecular complexity index is 1170. The molecule has 2 atom stereocenters. The van der Waals surface area contributed by atoms with Crippen molar-refractivity contribution < 1.29 is 14.3 Å². The van der Waals surface area contributed by atoms with Crippen LogP contribution in [-0.4, -0.2) is 35.4 Å². The molecule has 3 aromatic rings. The molecule has 5 nitrogen and oxygen atoms in total. The van der Waals surface area contributed by atoms with E-state index in [4.69, 9.17) is 27.9 Å². The van der Waals surface area contributed by atoms with Crippen LogP contribution in [0.15, 0.2) is 72.8 Å². The van der Waals surface area contributed by atoms with Gasteiger partial charge in [0.05, 0.1) is 0 Å². The van der Waals surface area contributed by atoms with E-state index in [0.717, 1.165) is 23.1 Å². The highest BCUT2D eigenvalue weighted by Gasteiger charge is 2.31. The zero-order valence-corrected chi connectivity index (χ0v) is 22.4. The van der Waals surface area contributed by atoms with Crippen molar-refractivity contribution in [2.45, 2.75) is 52.2 Å². The van der Waals surface area contributed by atoms with Crippen molar-refractivity contribution in [1.29, 1.82) is 0 Å². The number of halogens is 2. The van der Waals surface area contributed by atoms with Crippen LogP contribution in [0.2, 0.25) is 10.0 Å². The maximum atomic E-state index is 13.6. The highest BCUT2D eigenvalue weighted by Crippen LogP contribution is 2.22. The van der Waals surface area contributed by atoms with Gasteiger partial charge in [0.2, 0.25) is 5.91 Å². The van der Waals surface area contributed by atoms with Crippen LogP contribution in [0.4, 0.5) is 0 Å². The first-order valence-corrected chi connectivity index (χ1v) is 12.8. The largest absolute Gasteiger partial charge is 0.484 e. The van der Waals surface area contributed by atoms with Gasteiger partial charge < -0.3 is 15.0 Å². The first-order valence-electron chi connectivity index (χ1n) is 12.0. The summed E-state index contributed by atoms with van der Waals surface area (Å²) in [6.45, 7) is 5.83. The number of ether oxygens (including phenoxy) is 1. The summed E-state index contributed by atoms with van der Waals surface area (Å²) >= 11 is 12.3. The lowest BCUT2D eigenvalue weighted by Gasteiger charge is -2.32. The zero-order chi connectivity index (χ0) is 26.1. The minimum Gasteiger partial charge on any atom is -0.484 e. The molecule has 0 aliphatic rings. The van der Waals surface area contributed by atoms with E-state index in [-0.39, 0.29) is 31.0 Å². The Labute approximate surface area is 223 Å². The van der Waals surface area contributed by atoms with Crippen LogP contribution in [0.25, 0.3) is 0 Å². The van der Waals surface area contributed by atoms with Gasteiger partial charge in [-0.15, -0.1) is 0 Å². The molecule has 0 unspecified atom stereocenters. The molecule has 190 valence electrons. The second-order valence-corrected chi connectivity index (χ2v) is 9.72. The molecule has 0 bridgehead atoms. The highest BCUT2D eigenvalue weighted by molar-refractivity contribution is 6.31. The van der Waals surface area contributed by atoms with Crippen LogP contribution in [0, 0.1) is 6.92 Å². The fourth-order valence-corrected chi connectivity index (χ4v) is 4.09. The van der Waals surface area contributed by atoms with Crippen LogP contribution >= 0.6 is 23.2 Å². The van der Waals surface area contributed by atoms with Crippen molar-refractivity contribution in [3.05, 3.63) is 99.5 Å². The van der Waals surface area contributed by atoms with E-state index >= 15 is 0 Å². The predicted octanol–water partition coefficient (Wildman–Crippen LogP) is 6.24. The number of carbonyl (C=O) groups is 2. The molecule has 3 rings (SSSR count). The van der Waals surface area contributed by atoms with Gasteiger partial charge in [-0.25, -0.2) is 0 Å². The number of nitrogens with one attached hydrogen (secondary N) is 1. The molecule has 2 amide bonds. The second kappa shape index (κ2) is 13.3. The zero-order valence-electron chi connectivity index (χ0n) is 20.8. The molecular formula is C29H32Cl2N2O3. The van der Waals surface area contributed by atoms with Gasteiger partial charge in [-0.2, -0.15) is 0 Å². The third-order valence-corrected chi connectivity index (χ3v) is 6.66. The molecule has 1 N–H and O–H groups in total. The Morgan fingerprint density at radius 3 is 2.36 bits per heavy atom. The molecule has 0 radical (unpaired) electrons. The quantitative estimate of drug-likeness (QED) is 0.322. The molecule has 0 spiro atoms. The fourth-order valence-electron chi connectivity index (χ4n) is 3.76. The van der Waals surface area contributed by atoms with Crippen LogP contribution < -0.4 is 10.1 Å². The van der Waals surface area contributed by atoms with Crippen LogP contribution in [0.1, 0.15) is 37.0 Å². The molecular weight excluding hydrogens is 495 g/mol. The summed E-state index contributed by atoms with van der Waals surface area (Å²) < 4.78 is 5.82. The summed E-state index contributed by atoms with van der Waals surface area (Å²) in [6, 6.07) is 21.5. The highest BCUT2D eigenvalue weighted by atomic mass is 35.5. The number of benzene rings is 3. The van der Waals surface area contributed by atoms with E-state index in [2.05, 4.69) is 5.32 Å². The minimum absolute atomic E-state index is 0.0211. The van der Waals surface area contributed by atoms with E-state index in [1.165, 1.54) is 0 Å². The number of rotatable bonds is 11. The lowest BCUT2D eigenvalue weighted by atomic mass is 10.0. The van der Waals surface area contributed by atoms with Gasteiger partial charge in [-0.3, -0.25) is 9.59 Å². The van der Waals surface area contributed by atoms with Crippen molar-refractivity contribution in [3.63, 3.8) is 0 Å². The molecule has 7 heteroatoms. The predicted molar refractivity (Wildman–Crippen MR) is 146 cm³/mol. The molecule has 0 aliphatic heterocycles.